The Kier molecular flexibility index (Phi) is 11.1. The molecule has 0 saturated heterocycles. The number of carbonyl (C=O) groups is 1. The first-order valence-electron chi connectivity index (χ1n) is 9.02. The first-order valence-corrected chi connectivity index (χ1v) is 9.02. The largest absolute Gasteiger partial charge is 0.487 e. The Morgan fingerprint density at radius 2 is 1.27 bits per heavy atom. The maximum absolute atomic E-state index is 11.9. The molecule has 0 spiro atoms. The molecule has 0 radical (unpaired) electrons. The first kappa shape index (κ1) is 25.6. The van der Waals surface area contributed by atoms with E-state index < -0.39 is 44.1 Å². The van der Waals surface area contributed by atoms with E-state index in [1.165, 1.54) is 19.1 Å². The van der Waals surface area contributed by atoms with Crippen LogP contribution in [0.3, 0.4) is 0 Å². The highest BCUT2D eigenvalue weighted by Crippen LogP contribution is 2.42. The maximum Gasteiger partial charge on any atom is 0.338 e. The van der Waals surface area contributed by atoms with E-state index in [0.717, 1.165) is 0 Å². The van der Waals surface area contributed by atoms with Crippen LogP contribution in [0.15, 0.2) is 24.3 Å². The van der Waals surface area contributed by atoms with E-state index in [2.05, 4.69) is 6.58 Å². The standard InChI is InChI=1S/C19H28O11/c1-11(2)19(26)30-15-3-16(27-8-12(23)5-20)18(29-10-14(25)7-22)17(4-15)28-9-13(24)6-21/h3-4,12-14,20-25H,1,5-10H2,2H3. The van der Waals surface area contributed by atoms with Crippen molar-refractivity contribution in [1.29, 1.82) is 0 Å². The fourth-order valence-corrected chi connectivity index (χ4v) is 1.87. The van der Waals surface area contributed by atoms with Crippen molar-refractivity contribution in [2.24, 2.45) is 0 Å². The van der Waals surface area contributed by atoms with Crippen molar-refractivity contribution < 1.29 is 54.4 Å². The van der Waals surface area contributed by atoms with Crippen molar-refractivity contribution in [2.45, 2.75) is 25.2 Å². The lowest BCUT2D eigenvalue weighted by molar-refractivity contribution is -0.130. The summed E-state index contributed by atoms with van der Waals surface area (Å²) in [6.07, 6.45) is -3.66. The molecule has 0 saturated carbocycles. The van der Waals surface area contributed by atoms with Crippen molar-refractivity contribution in [2.75, 3.05) is 39.6 Å². The van der Waals surface area contributed by atoms with Crippen molar-refractivity contribution in [3.8, 4) is 23.0 Å². The van der Waals surface area contributed by atoms with Gasteiger partial charge in [-0.05, 0) is 6.92 Å². The number of benzene rings is 1. The Bertz CT molecular complexity index is 656. The molecule has 0 fully saturated rings. The lowest BCUT2D eigenvalue weighted by Crippen LogP contribution is -2.24. The van der Waals surface area contributed by atoms with Crippen LogP contribution in [0.5, 0.6) is 23.0 Å². The van der Waals surface area contributed by atoms with Crippen LogP contribution in [0.2, 0.25) is 0 Å². The Labute approximate surface area is 173 Å². The van der Waals surface area contributed by atoms with Crippen LogP contribution in [0.25, 0.3) is 0 Å². The van der Waals surface area contributed by atoms with Crippen molar-refractivity contribution in [3.63, 3.8) is 0 Å². The van der Waals surface area contributed by atoms with Gasteiger partial charge in [-0.1, -0.05) is 6.58 Å². The van der Waals surface area contributed by atoms with Gasteiger partial charge in [0.15, 0.2) is 11.5 Å². The summed E-state index contributed by atoms with van der Waals surface area (Å²) in [5.74, 6) is -1.02. The molecule has 1 aromatic rings. The molecule has 0 aliphatic heterocycles. The van der Waals surface area contributed by atoms with E-state index in [0.29, 0.717) is 0 Å². The van der Waals surface area contributed by atoms with E-state index in [4.69, 9.17) is 34.3 Å². The second-order valence-corrected chi connectivity index (χ2v) is 6.36. The molecular formula is C19H28O11. The summed E-state index contributed by atoms with van der Waals surface area (Å²) in [4.78, 5) is 11.9. The molecule has 11 nitrogen and oxygen atoms in total. The Balaban J connectivity index is 3.31. The summed E-state index contributed by atoms with van der Waals surface area (Å²) in [5, 5.41) is 55.6. The minimum Gasteiger partial charge on any atom is -0.487 e. The van der Waals surface area contributed by atoms with E-state index >= 15 is 0 Å². The SMILES string of the molecule is C=C(C)C(=O)Oc1cc(OCC(O)CO)c(OCC(O)CO)c(OCC(O)CO)c1. The average molecular weight is 432 g/mol. The van der Waals surface area contributed by atoms with E-state index in [-0.39, 0.29) is 48.4 Å². The number of ether oxygens (including phenoxy) is 4. The summed E-state index contributed by atoms with van der Waals surface area (Å²) >= 11 is 0. The molecule has 3 unspecified atom stereocenters. The number of rotatable bonds is 14. The van der Waals surface area contributed by atoms with Crippen LogP contribution < -0.4 is 18.9 Å². The molecule has 30 heavy (non-hydrogen) atoms. The van der Waals surface area contributed by atoms with Gasteiger partial charge in [0, 0.05) is 17.7 Å². The maximum atomic E-state index is 11.9. The minimum atomic E-state index is -1.22. The molecule has 0 aliphatic carbocycles. The van der Waals surface area contributed by atoms with Gasteiger partial charge < -0.3 is 49.6 Å². The number of aliphatic hydroxyl groups is 6. The summed E-state index contributed by atoms with van der Waals surface area (Å²) in [5.41, 5.74) is 0.123. The number of hydrogen-bond acceptors (Lipinski definition) is 11. The second kappa shape index (κ2) is 13.0. The average Bonchev–Trinajstić information content (AvgIpc) is 2.73. The Morgan fingerprint density at radius 3 is 1.63 bits per heavy atom. The number of aliphatic hydroxyl groups excluding tert-OH is 6. The van der Waals surface area contributed by atoms with Crippen LogP contribution in [0.1, 0.15) is 6.92 Å². The van der Waals surface area contributed by atoms with Crippen LogP contribution in [-0.4, -0.2) is 94.6 Å². The molecule has 0 heterocycles. The molecule has 0 aliphatic rings. The summed E-state index contributed by atoms with van der Waals surface area (Å²) < 4.78 is 21.5. The third kappa shape index (κ3) is 8.53. The number of esters is 1. The summed E-state index contributed by atoms with van der Waals surface area (Å²) in [7, 11) is 0. The quantitative estimate of drug-likeness (QED) is 0.113. The third-order valence-corrected chi connectivity index (χ3v) is 3.47. The second-order valence-electron chi connectivity index (χ2n) is 6.36. The van der Waals surface area contributed by atoms with Gasteiger partial charge in [0.1, 0.15) is 43.9 Å². The van der Waals surface area contributed by atoms with Crippen LogP contribution in [-0.2, 0) is 4.79 Å². The lowest BCUT2D eigenvalue weighted by Gasteiger charge is -2.20. The topological polar surface area (TPSA) is 175 Å². The third-order valence-electron chi connectivity index (χ3n) is 3.47. The summed E-state index contributed by atoms with van der Waals surface area (Å²) in [6, 6.07) is 2.50. The zero-order valence-electron chi connectivity index (χ0n) is 16.6. The van der Waals surface area contributed by atoms with Crippen LogP contribution >= 0.6 is 0 Å². The highest BCUT2D eigenvalue weighted by atomic mass is 16.6. The zero-order valence-corrected chi connectivity index (χ0v) is 16.6. The lowest BCUT2D eigenvalue weighted by atomic mass is 10.2. The molecule has 0 amide bonds. The number of hydrogen-bond donors (Lipinski definition) is 6. The molecule has 1 aromatic carbocycles. The van der Waals surface area contributed by atoms with Gasteiger partial charge in [-0.2, -0.15) is 0 Å². The highest BCUT2D eigenvalue weighted by molar-refractivity contribution is 5.89. The van der Waals surface area contributed by atoms with Gasteiger partial charge in [-0.15, -0.1) is 0 Å². The Morgan fingerprint density at radius 1 is 0.867 bits per heavy atom. The molecule has 170 valence electrons. The first-order chi connectivity index (χ1) is 14.2. The van der Waals surface area contributed by atoms with Gasteiger partial charge in [0.25, 0.3) is 0 Å². The van der Waals surface area contributed by atoms with Crippen molar-refractivity contribution in [1.82, 2.24) is 0 Å². The molecule has 3 atom stereocenters. The molecular weight excluding hydrogens is 404 g/mol. The number of carbonyl (C=O) groups excluding carboxylic acids is 1. The predicted molar refractivity (Wildman–Crippen MR) is 103 cm³/mol. The fraction of sp³-hybridized carbons (Fsp3) is 0.526. The Hall–Kier alpha value is -2.41. The summed E-state index contributed by atoms with van der Waals surface area (Å²) in [6.45, 7) is 2.13. The molecule has 1 rings (SSSR count). The molecule has 11 heteroatoms. The monoisotopic (exact) mass is 432 g/mol. The predicted octanol–water partition coefficient (Wildman–Crippen LogP) is -1.64. The smallest absolute Gasteiger partial charge is 0.338 e. The van der Waals surface area contributed by atoms with Gasteiger partial charge in [-0.3, -0.25) is 0 Å². The van der Waals surface area contributed by atoms with Gasteiger partial charge >= 0.3 is 5.97 Å². The molecule has 0 bridgehead atoms. The van der Waals surface area contributed by atoms with E-state index in [1.54, 1.807) is 0 Å². The molecule has 6 N–H and O–H groups in total. The van der Waals surface area contributed by atoms with E-state index in [9.17, 15) is 20.1 Å². The zero-order chi connectivity index (χ0) is 22.7. The molecule has 0 aromatic heterocycles. The van der Waals surface area contributed by atoms with Crippen molar-refractivity contribution >= 4 is 5.97 Å². The van der Waals surface area contributed by atoms with Crippen molar-refractivity contribution in [3.05, 3.63) is 24.3 Å². The van der Waals surface area contributed by atoms with Gasteiger partial charge in [0.05, 0.1) is 19.8 Å². The van der Waals surface area contributed by atoms with Gasteiger partial charge in [-0.25, -0.2) is 4.79 Å². The minimum absolute atomic E-state index is 0.0416. The fourth-order valence-electron chi connectivity index (χ4n) is 1.87. The highest BCUT2D eigenvalue weighted by Gasteiger charge is 2.21. The van der Waals surface area contributed by atoms with E-state index in [1.807, 2.05) is 0 Å². The normalized spacial score (nSPS) is 13.8. The van der Waals surface area contributed by atoms with Gasteiger partial charge in [0.2, 0.25) is 5.75 Å². The van der Waals surface area contributed by atoms with Crippen LogP contribution in [0, 0.1) is 0 Å². The van der Waals surface area contributed by atoms with Crippen LogP contribution in [0.4, 0.5) is 0 Å².